The summed E-state index contributed by atoms with van der Waals surface area (Å²) >= 11 is 1.52. The molecule has 3 aromatic rings. The number of hydrogen-bond donors (Lipinski definition) is 1. The molecule has 3 aromatic carbocycles. The van der Waals surface area contributed by atoms with Gasteiger partial charge in [0.05, 0.1) is 16.1 Å². The van der Waals surface area contributed by atoms with Crippen molar-refractivity contribution in [3.63, 3.8) is 0 Å². The van der Waals surface area contributed by atoms with Crippen molar-refractivity contribution in [1.29, 1.82) is 0 Å². The van der Waals surface area contributed by atoms with E-state index < -0.39 is 34.2 Å². The van der Waals surface area contributed by atoms with Crippen LogP contribution in [0, 0.1) is 13.8 Å². The van der Waals surface area contributed by atoms with Gasteiger partial charge in [-0.05, 0) is 56.3 Å². The van der Waals surface area contributed by atoms with Crippen molar-refractivity contribution in [2.45, 2.75) is 29.8 Å². The molecule has 0 saturated heterocycles. The molecule has 0 radical (unpaired) electrons. The lowest BCUT2D eigenvalue weighted by Crippen LogP contribution is -2.41. The molecule has 0 aliphatic heterocycles. The molecule has 1 amide bonds. The first-order valence-corrected chi connectivity index (χ1v) is 13.1. The number of aryl methyl sites for hydroxylation is 2. The van der Waals surface area contributed by atoms with Gasteiger partial charge < -0.3 is 5.32 Å². The Labute approximate surface area is 207 Å². The normalized spacial score (nSPS) is 11.8. The number of hydrogen-bond acceptors (Lipinski definition) is 4. The molecule has 0 unspecified atom stereocenters. The lowest BCUT2D eigenvalue weighted by Gasteiger charge is -2.25. The monoisotopic (exact) mass is 522 g/mol. The number of amides is 1. The lowest BCUT2D eigenvalue weighted by atomic mass is 10.2. The van der Waals surface area contributed by atoms with Crippen LogP contribution < -0.4 is 9.62 Å². The van der Waals surface area contributed by atoms with Gasteiger partial charge in [-0.25, -0.2) is 8.42 Å². The Balaban J connectivity index is 1.78. The maximum Gasteiger partial charge on any atom is 0.416 e. The highest BCUT2D eigenvalue weighted by molar-refractivity contribution is 7.99. The molecule has 0 bridgehead atoms. The van der Waals surface area contributed by atoms with Crippen LogP contribution in [0.1, 0.15) is 16.7 Å². The number of nitrogens with one attached hydrogen (secondary N) is 1. The SMILES string of the molecule is Cc1ccc(SCCNC(=O)CN(c2cccc(C(F)(F)F)c2)S(=O)(=O)c2ccc(C)cc2)cc1. The highest BCUT2D eigenvalue weighted by atomic mass is 32.2. The number of rotatable bonds is 9. The van der Waals surface area contributed by atoms with E-state index in [1.165, 1.54) is 30.0 Å². The molecule has 0 aromatic heterocycles. The van der Waals surface area contributed by atoms with E-state index in [9.17, 15) is 26.4 Å². The van der Waals surface area contributed by atoms with Crippen molar-refractivity contribution in [2.24, 2.45) is 0 Å². The Morgan fingerprint density at radius 2 is 1.54 bits per heavy atom. The summed E-state index contributed by atoms with van der Waals surface area (Å²) in [4.78, 5) is 13.6. The number of nitrogens with zero attached hydrogens (tertiary/aromatic N) is 1. The molecule has 0 aliphatic rings. The summed E-state index contributed by atoms with van der Waals surface area (Å²) in [6.07, 6.45) is -4.66. The number of carbonyl (C=O) groups excluding carboxylic acids is 1. The van der Waals surface area contributed by atoms with Crippen LogP contribution in [-0.4, -0.2) is 33.2 Å². The van der Waals surface area contributed by atoms with Gasteiger partial charge in [0, 0.05) is 17.2 Å². The first-order valence-electron chi connectivity index (χ1n) is 10.7. The van der Waals surface area contributed by atoms with Crippen molar-refractivity contribution < 1.29 is 26.4 Å². The van der Waals surface area contributed by atoms with Gasteiger partial charge in [-0.15, -0.1) is 11.8 Å². The average molecular weight is 523 g/mol. The van der Waals surface area contributed by atoms with Gasteiger partial charge in [0.1, 0.15) is 6.54 Å². The minimum absolute atomic E-state index is 0.122. The Morgan fingerprint density at radius 1 is 0.943 bits per heavy atom. The fourth-order valence-electron chi connectivity index (χ4n) is 3.17. The zero-order valence-electron chi connectivity index (χ0n) is 19.2. The topological polar surface area (TPSA) is 66.5 Å². The Morgan fingerprint density at radius 3 is 2.14 bits per heavy atom. The molecule has 0 fully saturated rings. The second kappa shape index (κ2) is 11.2. The Kier molecular flexibility index (Phi) is 8.50. The second-order valence-electron chi connectivity index (χ2n) is 7.88. The van der Waals surface area contributed by atoms with Gasteiger partial charge in [-0.2, -0.15) is 13.2 Å². The van der Waals surface area contributed by atoms with E-state index in [1.54, 1.807) is 19.1 Å². The maximum absolute atomic E-state index is 13.3. The lowest BCUT2D eigenvalue weighted by molar-refractivity contribution is -0.137. The molecule has 5 nitrogen and oxygen atoms in total. The predicted octanol–water partition coefficient (Wildman–Crippen LogP) is 5.43. The number of thioether (sulfide) groups is 1. The first-order chi connectivity index (χ1) is 16.5. The van der Waals surface area contributed by atoms with Gasteiger partial charge in [-0.3, -0.25) is 9.10 Å². The van der Waals surface area contributed by atoms with Gasteiger partial charge in [0.15, 0.2) is 0 Å². The van der Waals surface area contributed by atoms with E-state index in [4.69, 9.17) is 0 Å². The van der Waals surface area contributed by atoms with Crippen molar-refractivity contribution in [2.75, 3.05) is 23.1 Å². The van der Waals surface area contributed by atoms with E-state index in [0.29, 0.717) is 10.1 Å². The fourth-order valence-corrected chi connectivity index (χ4v) is 5.35. The molecular formula is C25H25F3N2O3S2. The van der Waals surface area contributed by atoms with Crippen LogP contribution in [0.25, 0.3) is 0 Å². The van der Waals surface area contributed by atoms with E-state index in [1.807, 2.05) is 31.2 Å². The van der Waals surface area contributed by atoms with Crippen molar-refractivity contribution in [3.8, 4) is 0 Å². The van der Waals surface area contributed by atoms with Crippen LogP contribution in [0.2, 0.25) is 0 Å². The van der Waals surface area contributed by atoms with Crippen LogP contribution in [-0.2, 0) is 21.0 Å². The minimum atomic E-state index is -4.66. The third-order valence-electron chi connectivity index (χ3n) is 5.07. The summed E-state index contributed by atoms with van der Waals surface area (Å²) in [7, 11) is -4.31. The zero-order chi connectivity index (χ0) is 25.6. The summed E-state index contributed by atoms with van der Waals surface area (Å²) in [6.45, 7) is 3.36. The first kappa shape index (κ1) is 26.6. The van der Waals surface area contributed by atoms with Crippen LogP contribution in [0.3, 0.4) is 0 Å². The Hall–Kier alpha value is -2.98. The highest BCUT2D eigenvalue weighted by Gasteiger charge is 2.33. The smallest absolute Gasteiger partial charge is 0.354 e. The number of alkyl halides is 3. The Bertz CT molecular complexity index is 1260. The molecule has 0 spiro atoms. The molecule has 3 rings (SSSR count). The molecule has 0 saturated carbocycles. The predicted molar refractivity (Wildman–Crippen MR) is 132 cm³/mol. The van der Waals surface area contributed by atoms with Crippen molar-refractivity contribution in [1.82, 2.24) is 5.32 Å². The zero-order valence-corrected chi connectivity index (χ0v) is 20.8. The van der Waals surface area contributed by atoms with Crippen LogP contribution in [0.4, 0.5) is 18.9 Å². The number of halogens is 3. The third-order valence-corrected chi connectivity index (χ3v) is 7.87. The summed E-state index contributed by atoms with van der Waals surface area (Å²) in [6, 6.07) is 17.7. The standard InChI is InChI=1S/C25H25F3N2O3S2/c1-18-6-10-22(11-7-18)34-15-14-29-24(31)17-30(21-5-3-4-20(16-21)25(26,27)28)35(32,33)23-12-8-19(2)9-13-23/h3-13,16H,14-15,17H2,1-2H3,(H,29,31). The highest BCUT2D eigenvalue weighted by Crippen LogP contribution is 2.33. The third kappa shape index (κ3) is 7.25. The molecule has 10 heteroatoms. The van der Waals surface area contributed by atoms with Crippen LogP contribution in [0.15, 0.2) is 82.6 Å². The number of benzene rings is 3. The van der Waals surface area contributed by atoms with Crippen LogP contribution >= 0.6 is 11.8 Å². The summed E-state index contributed by atoms with van der Waals surface area (Å²) in [5.41, 5.74) is 0.698. The quantitative estimate of drug-likeness (QED) is 0.301. The number of anilines is 1. The van der Waals surface area contributed by atoms with E-state index in [0.717, 1.165) is 34.2 Å². The van der Waals surface area contributed by atoms with E-state index in [2.05, 4.69) is 5.32 Å². The van der Waals surface area contributed by atoms with Crippen molar-refractivity contribution in [3.05, 3.63) is 89.5 Å². The van der Waals surface area contributed by atoms with E-state index >= 15 is 0 Å². The van der Waals surface area contributed by atoms with E-state index in [-0.39, 0.29) is 17.1 Å². The van der Waals surface area contributed by atoms with Gasteiger partial charge in [0.2, 0.25) is 5.91 Å². The fraction of sp³-hybridized carbons (Fsp3) is 0.240. The van der Waals surface area contributed by atoms with Crippen LogP contribution in [0.5, 0.6) is 0 Å². The molecular weight excluding hydrogens is 497 g/mol. The second-order valence-corrected chi connectivity index (χ2v) is 10.9. The number of carbonyl (C=O) groups is 1. The van der Waals surface area contributed by atoms with Gasteiger partial charge in [-0.1, -0.05) is 41.5 Å². The molecule has 0 atom stereocenters. The average Bonchev–Trinajstić information content (AvgIpc) is 2.81. The van der Waals surface area contributed by atoms with Gasteiger partial charge in [0.25, 0.3) is 10.0 Å². The summed E-state index contributed by atoms with van der Waals surface area (Å²) < 4.78 is 67.2. The summed E-state index contributed by atoms with van der Waals surface area (Å²) in [5, 5.41) is 2.65. The van der Waals surface area contributed by atoms with Crippen molar-refractivity contribution >= 4 is 33.4 Å². The minimum Gasteiger partial charge on any atom is -0.354 e. The molecule has 1 N–H and O–H groups in total. The van der Waals surface area contributed by atoms with Gasteiger partial charge >= 0.3 is 6.18 Å². The number of sulfonamides is 1. The molecule has 0 heterocycles. The molecule has 35 heavy (non-hydrogen) atoms. The molecule has 0 aliphatic carbocycles. The summed E-state index contributed by atoms with van der Waals surface area (Å²) in [5.74, 6) is -0.0779. The largest absolute Gasteiger partial charge is 0.416 e. The molecule has 186 valence electrons. The maximum atomic E-state index is 13.3.